The average molecular weight is 755 g/mol. The van der Waals surface area contributed by atoms with E-state index in [4.69, 9.17) is 23.1 Å². The molecule has 3 aliphatic heterocycles. The molecule has 3 aromatic carbocycles. The lowest BCUT2D eigenvalue weighted by molar-refractivity contribution is -0.144. The highest BCUT2D eigenvalue weighted by molar-refractivity contribution is 6.33. The van der Waals surface area contributed by atoms with Crippen molar-refractivity contribution in [2.45, 2.75) is 62.8 Å². The number of likely N-dealkylation sites (tertiary alicyclic amines) is 1. The van der Waals surface area contributed by atoms with Gasteiger partial charge in [-0.1, -0.05) is 41.9 Å². The van der Waals surface area contributed by atoms with Gasteiger partial charge >= 0.3 is 18.2 Å². The SMILES string of the molecule is CN1CCC(Cn2c(C(N)(Cc3cc(Cl)c(N)c(C(F)(F)F)c3)C(=O)O)nc3ccccc32)CC1.O=C1Nc2ccccc2CCN1C1CCNCC1. The summed E-state index contributed by atoms with van der Waals surface area (Å²) < 4.78 is 42.3. The smallest absolute Gasteiger partial charge is 0.418 e. The molecule has 0 saturated carbocycles. The Bertz CT molecular complexity index is 1940. The second kappa shape index (κ2) is 15.9. The first-order valence-corrected chi connectivity index (χ1v) is 18.3. The van der Waals surface area contributed by atoms with Gasteiger partial charge in [-0.3, -0.25) is 0 Å². The number of hydrogen-bond donors (Lipinski definition) is 5. The number of nitrogens with two attached hydrogens (primary N) is 2. The van der Waals surface area contributed by atoms with Gasteiger partial charge in [0, 0.05) is 31.2 Å². The van der Waals surface area contributed by atoms with E-state index < -0.39 is 35.4 Å². The summed E-state index contributed by atoms with van der Waals surface area (Å²) in [5.41, 5.74) is 11.7. The summed E-state index contributed by atoms with van der Waals surface area (Å²) in [6.45, 7) is 5.20. The Kier molecular flexibility index (Phi) is 11.5. The van der Waals surface area contributed by atoms with Gasteiger partial charge in [0.1, 0.15) is 5.82 Å². The number of urea groups is 1. The zero-order chi connectivity index (χ0) is 37.9. The maximum atomic E-state index is 13.5. The zero-order valence-corrected chi connectivity index (χ0v) is 30.4. The summed E-state index contributed by atoms with van der Waals surface area (Å²) in [6, 6.07) is 17.8. The van der Waals surface area contributed by atoms with Crippen LogP contribution in [0.1, 0.15) is 48.2 Å². The molecular weight excluding hydrogens is 709 g/mol. The van der Waals surface area contributed by atoms with Gasteiger partial charge in [-0.05, 0) is 113 Å². The van der Waals surface area contributed by atoms with E-state index in [9.17, 15) is 27.9 Å². The number of alkyl halides is 3. The van der Waals surface area contributed by atoms with Crippen molar-refractivity contribution in [2.24, 2.45) is 11.7 Å². The van der Waals surface area contributed by atoms with Gasteiger partial charge in [-0.15, -0.1) is 0 Å². The van der Waals surface area contributed by atoms with E-state index in [2.05, 4.69) is 33.6 Å². The summed E-state index contributed by atoms with van der Waals surface area (Å²) >= 11 is 5.98. The minimum atomic E-state index is -4.76. The molecule has 53 heavy (non-hydrogen) atoms. The van der Waals surface area contributed by atoms with Crippen molar-refractivity contribution in [1.29, 1.82) is 0 Å². The van der Waals surface area contributed by atoms with Crippen LogP contribution < -0.4 is 22.1 Å². The topological polar surface area (TPSA) is 155 Å². The van der Waals surface area contributed by atoms with Crippen molar-refractivity contribution < 1.29 is 27.9 Å². The number of anilines is 2. The lowest BCUT2D eigenvalue weighted by atomic mass is 9.89. The summed E-state index contributed by atoms with van der Waals surface area (Å²) in [5.74, 6) is -1.03. The Morgan fingerprint density at radius 1 is 1.02 bits per heavy atom. The first-order valence-electron chi connectivity index (χ1n) is 17.9. The minimum absolute atomic E-state index is 0.000628. The van der Waals surface area contributed by atoms with Crippen molar-refractivity contribution in [2.75, 3.05) is 50.8 Å². The molecule has 7 rings (SSSR count). The molecule has 0 spiro atoms. The van der Waals surface area contributed by atoms with E-state index in [1.807, 2.05) is 39.8 Å². The number of fused-ring (bicyclic) bond motifs is 2. The number of rotatable bonds is 7. The maximum absolute atomic E-state index is 13.5. The second-order valence-corrected chi connectivity index (χ2v) is 14.7. The van der Waals surface area contributed by atoms with Crippen molar-refractivity contribution >= 4 is 46.0 Å². The largest absolute Gasteiger partial charge is 0.480 e. The van der Waals surface area contributed by atoms with Gasteiger partial charge in [0.15, 0.2) is 5.54 Å². The zero-order valence-electron chi connectivity index (χ0n) is 29.6. The molecule has 2 fully saturated rings. The van der Waals surface area contributed by atoms with E-state index in [1.165, 1.54) is 11.6 Å². The number of nitrogen functional groups attached to an aromatic ring is 1. The number of aromatic nitrogens is 2. The number of imidazole rings is 1. The summed E-state index contributed by atoms with van der Waals surface area (Å²) in [6.07, 6.45) is -0.300. The van der Waals surface area contributed by atoms with E-state index in [0.29, 0.717) is 18.1 Å². The van der Waals surface area contributed by atoms with E-state index in [1.54, 1.807) is 12.1 Å². The highest BCUT2D eigenvalue weighted by Gasteiger charge is 2.43. The molecule has 4 aromatic rings. The van der Waals surface area contributed by atoms with Gasteiger partial charge in [0.05, 0.1) is 27.3 Å². The van der Waals surface area contributed by atoms with Crippen molar-refractivity contribution in [3.63, 3.8) is 0 Å². The molecule has 3 aliphatic rings. The standard InChI is InChI=1S/C24H27ClF3N5O2.C14H19N3O/c1-32-8-6-14(7-9-32)13-33-19-5-3-2-4-18(19)31-21(33)23(30,22(34)35)12-15-10-16(24(26,27)28)20(29)17(25)11-15;18-14-16-13-4-2-1-3-11(13)7-10-17(14)12-5-8-15-9-6-12/h2-5,10-11,14H,6-9,12-13,29-30H2,1H3,(H,34,35);1-4,12,15H,5-10H2,(H,16,18). The lowest BCUT2D eigenvalue weighted by Gasteiger charge is -2.33. The Hall–Kier alpha value is -4.37. The highest BCUT2D eigenvalue weighted by Crippen LogP contribution is 2.39. The number of nitrogens with one attached hydrogen (secondary N) is 2. The maximum Gasteiger partial charge on any atom is 0.418 e. The number of nitrogens with zero attached hydrogens (tertiary/aromatic N) is 4. The molecule has 1 atom stereocenters. The molecule has 15 heteroatoms. The Balaban J connectivity index is 0.000000222. The fraction of sp³-hybridized carbons (Fsp3) is 0.447. The van der Waals surface area contributed by atoms with Crippen LogP contribution in [0.15, 0.2) is 60.7 Å². The summed E-state index contributed by atoms with van der Waals surface area (Å²) in [5, 5.41) is 16.3. The van der Waals surface area contributed by atoms with Gasteiger partial charge in [0.25, 0.3) is 0 Å². The van der Waals surface area contributed by atoms with Crippen LogP contribution in [0.3, 0.4) is 0 Å². The van der Waals surface area contributed by atoms with Crippen LogP contribution in [0, 0.1) is 5.92 Å². The number of carbonyl (C=O) groups is 2. The quantitative estimate of drug-likeness (QED) is 0.145. The molecule has 1 aromatic heterocycles. The van der Waals surface area contributed by atoms with Crippen LogP contribution in [-0.4, -0.2) is 82.3 Å². The molecule has 0 bridgehead atoms. The van der Waals surface area contributed by atoms with Crippen LogP contribution in [-0.2, 0) is 35.9 Å². The third-order valence-electron chi connectivity index (χ3n) is 10.6. The third-order valence-corrected chi connectivity index (χ3v) is 10.9. The summed E-state index contributed by atoms with van der Waals surface area (Å²) in [4.78, 5) is 33.6. The van der Waals surface area contributed by atoms with Gasteiger partial charge in [-0.2, -0.15) is 13.2 Å². The predicted molar refractivity (Wildman–Crippen MR) is 200 cm³/mol. The Labute approximate surface area is 311 Å². The second-order valence-electron chi connectivity index (χ2n) is 14.3. The fourth-order valence-electron chi connectivity index (χ4n) is 7.54. The first-order chi connectivity index (χ1) is 25.2. The van der Waals surface area contributed by atoms with Gasteiger partial charge < -0.3 is 41.6 Å². The molecule has 1 unspecified atom stereocenters. The lowest BCUT2D eigenvalue weighted by Crippen LogP contribution is -2.49. The number of hydrogen-bond acceptors (Lipinski definition) is 7. The van der Waals surface area contributed by atoms with Gasteiger partial charge in [0.2, 0.25) is 0 Å². The highest BCUT2D eigenvalue weighted by atomic mass is 35.5. The number of piperidine rings is 2. The number of carboxylic acid groups (broad SMARTS) is 1. The molecule has 0 radical (unpaired) electrons. The van der Waals surface area contributed by atoms with E-state index in [-0.39, 0.29) is 28.4 Å². The van der Waals surface area contributed by atoms with E-state index in [0.717, 1.165) is 82.1 Å². The van der Waals surface area contributed by atoms with Gasteiger partial charge in [-0.25, -0.2) is 14.6 Å². The molecule has 0 aliphatic carbocycles. The van der Waals surface area contributed by atoms with E-state index >= 15 is 0 Å². The number of halogens is 4. The van der Waals surface area contributed by atoms with Crippen LogP contribution in [0.5, 0.6) is 0 Å². The molecule has 4 heterocycles. The normalized spacial score (nSPS) is 18.8. The average Bonchev–Trinajstić information content (AvgIpc) is 3.40. The third kappa shape index (κ3) is 8.56. The van der Waals surface area contributed by atoms with Crippen molar-refractivity contribution in [3.8, 4) is 0 Å². The van der Waals surface area contributed by atoms with Crippen LogP contribution in [0.2, 0.25) is 5.02 Å². The number of amides is 2. The van der Waals surface area contributed by atoms with Crippen LogP contribution >= 0.6 is 11.6 Å². The van der Waals surface area contributed by atoms with Crippen LogP contribution in [0.4, 0.5) is 29.3 Å². The van der Waals surface area contributed by atoms with Crippen molar-refractivity contribution in [3.05, 3.63) is 88.2 Å². The Morgan fingerprint density at radius 2 is 1.70 bits per heavy atom. The molecule has 2 amide bonds. The number of aliphatic carboxylic acids is 1. The number of carbonyl (C=O) groups excluding carboxylic acids is 1. The number of benzene rings is 3. The number of para-hydroxylation sites is 3. The first kappa shape index (κ1) is 38.4. The molecule has 2 saturated heterocycles. The van der Waals surface area contributed by atoms with Crippen molar-refractivity contribution in [1.82, 2.24) is 24.7 Å². The monoisotopic (exact) mass is 754 g/mol. The molecule has 7 N–H and O–H groups in total. The predicted octanol–water partition coefficient (Wildman–Crippen LogP) is 5.94. The Morgan fingerprint density at radius 3 is 2.40 bits per heavy atom. The minimum Gasteiger partial charge on any atom is -0.480 e. The summed E-state index contributed by atoms with van der Waals surface area (Å²) in [7, 11) is 2.05. The van der Waals surface area contributed by atoms with Crippen LogP contribution in [0.25, 0.3) is 11.0 Å². The molecule has 284 valence electrons. The molecule has 11 nitrogen and oxygen atoms in total. The number of carboxylic acids is 1. The fourth-order valence-corrected chi connectivity index (χ4v) is 7.79. The molecular formula is C38H46ClF3N8O3.